The van der Waals surface area contributed by atoms with Crippen molar-refractivity contribution >= 4 is 22.7 Å². The molecule has 116 valence electrons. The maximum Gasteiger partial charge on any atom is 0.234 e. The van der Waals surface area contributed by atoms with Crippen molar-refractivity contribution in [3.05, 3.63) is 30.1 Å². The lowest BCUT2D eigenvalue weighted by Crippen LogP contribution is -2.38. The minimum atomic E-state index is -0.198. The molecule has 0 saturated carbocycles. The fourth-order valence-electron chi connectivity index (χ4n) is 2.70. The standard InChI is InChI=1S/C16H19N3O3/c1-12(20)16-17-13-4-2-3-5-14(13)19(16)15(21)6-7-18-8-10-22-11-9-18/h2-5H,6-11H2,1H3. The van der Waals surface area contributed by atoms with Gasteiger partial charge in [-0.2, -0.15) is 0 Å². The number of fused-ring (bicyclic) bond motifs is 1. The van der Waals surface area contributed by atoms with E-state index in [4.69, 9.17) is 4.74 Å². The molecule has 2 heterocycles. The summed E-state index contributed by atoms with van der Waals surface area (Å²) in [5.41, 5.74) is 1.37. The monoisotopic (exact) mass is 301 g/mol. The highest BCUT2D eigenvalue weighted by Crippen LogP contribution is 2.17. The highest BCUT2D eigenvalue weighted by molar-refractivity contribution is 6.01. The second-order valence-electron chi connectivity index (χ2n) is 5.41. The van der Waals surface area contributed by atoms with Crippen LogP contribution in [-0.4, -0.2) is 59.0 Å². The first-order valence-corrected chi connectivity index (χ1v) is 7.48. The Kier molecular flexibility index (Phi) is 4.31. The number of ketones is 1. The third-order valence-corrected chi connectivity index (χ3v) is 3.87. The van der Waals surface area contributed by atoms with Crippen LogP contribution in [0.25, 0.3) is 11.0 Å². The van der Waals surface area contributed by atoms with Crippen molar-refractivity contribution in [1.82, 2.24) is 14.5 Å². The van der Waals surface area contributed by atoms with Crippen molar-refractivity contribution in [3.8, 4) is 0 Å². The van der Waals surface area contributed by atoms with Crippen molar-refractivity contribution in [3.63, 3.8) is 0 Å². The number of Topliss-reactive ketones (excluding diaryl/α,β-unsaturated/α-hetero) is 1. The van der Waals surface area contributed by atoms with Gasteiger partial charge in [0.05, 0.1) is 24.2 Å². The van der Waals surface area contributed by atoms with Gasteiger partial charge in [0.2, 0.25) is 5.91 Å². The molecule has 1 aliphatic heterocycles. The summed E-state index contributed by atoms with van der Waals surface area (Å²) in [5, 5.41) is 0. The van der Waals surface area contributed by atoms with Gasteiger partial charge in [0.25, 0.3) is 0 Å². The Morgan fingerprint density at radius 3 is 2.68 bits per heavy atom. The molecule has 1 aliphatic rings. The number of benzene rings is 1. The lowest BCUT2D eigenvalue weighted by Gasteiger charge is -2.26. The molecule has 1 saturated heterocycles. The molecule has 0 N–H and O–H groups in total. The smallest absolute Gasteiger partial charge is 0.234 e. The molecule has 6 heteroatoms. The van der Waals surface area contributed by atoms with E-state index >= 15 is 0 Å². The molecule has 0 unspecified atom stereocenters. The fraction of sp³-hybridized carbons (Fsp3) is 0.438. The van der Waals surface area contributed by atoms with Gasteiger partial charge >= 0.3 is 0 Å². The van der Waals surface area contributed by atoms with Gasteiger partial charge in [0.15, 0.2) is 11.6 Å². The normalized spacial score (nSPS) is 16.0. The Morgan fingerprint density at radius 2 is 1.95 bits per heavy atom. The fourth-order valence-corrected chi connectivity index (χ4v) is 2.70. The zero-order valence-electron chi connectivity index (χ0n) is 12.6. The number of para-hydroxylation sites is 2. The zero-order valence-corrected chi connectivity index (χ0v) is 12.6. The van der Waals surface area contributed by atoms with Crippen LogP contribution >= 0.6 is 0 Å². The molecule has 0 spiro atoms. The Morgan fingerprint density at radius 1 is 1.23 bits per heavy atom. The average molecular weight is 301 g/mol. The van der Waals surface area contributed by atoms with E-state index in [1.165, 1.54) is 11.5 Å². The predicted molar refractivity (Wildman–Crippen MR) is 82.2 cm³/mol. The first-order chi connectivity index (χ1) is 10.7. The summed E-state index contributed by atoms with van der Waals surface area (Å²) in [6.45, 7) is 5.22. The summed E-state index contributed by atoms with van der Waals surface area (Å²) in [6.07, 6.45) is 0.362. The van der Waals surface area contributed by atoms with E-state index in [1.807, 2.05) is 24.3 Å². The molecule has 1 aromatic carbocycles. The number of nitrogens with zero attached hydrogens (tertiary/aromatic N) is 3. The van der Waals surface area contributed by atoms with Crippen LogP contribution in [0.1, 0.15) is 28.8 Å². The first kappa shape index (κ1) is 14.9. The summed E-state index contributed by atoms with van der Waals surface area (Å²) in [7, 11) is 0. The number of ether oxygens (including phenoxy) is 1. The molecule has 0 aliphatic carbocycles. The zero-order chi connectivity index (χ0) is 15.5. The lowest BCUT2D eigenvalue weighted by molar-refractivity contribution is 0.0363. The minimum absolute atomic E-state index is 0.0922. The Balaban J connectivity index is 1.83. The van der Waals surface area contributed by atoms with Gasteiger partial charge in [0.1, 0.15) is 0 Å². The summed E-state index contributed by atoms with van der Waals surface area (Å²) in [4.78, 5) is 30.9. The molecule has 1 aromatic heterocycles. The van der Waals surface area contributed by atoms with Crippen LogP contribution in [0, 0.1) is 0 Å². The SMILES string of the molecule is CC(=O)c1nc2ccccc2n1C(=O)CCN1CCOCC1. The molecule has 2 aromatic rings. The molecule has 22 heavy (non-hydrogen) atoms. The molecule has 0 amide bonds. The topological polar surface area (TPSA) is 64.4 Å². The third-order valence-electron chi connectivity index (χ3n) is 3.87. The second-order valence-corrected chi connectivity index (χ2v) is 5.41. The molecule has 6 nitrogen and oxygen atoms in total. The second kappa shape index (κ2) is 6.37. The number of imidazole rings is 1. The predicted octanol–water partition coefficient (Wildman–Crippen LogP) is 1.60. The van der Waals surface area contributed by atoms with Gasteiger partial charge in [-0.05, 0) is 12.1 Å². The largest absolute Gasteiger partial charge is 0.379 e. The number of carbonyl (C=O) groups excluding carboxylic acids is 2. The maximum atomic E-state index is 12.6. The van der Waals surface area contributed by atoms with Crippen molar-refractivity contribution < 1.29 is 14.3 Å². The first-order valence-electron chi connectivity index (χ1n) is 7.48. The van der Waals surface area contributed by atoms with Crippen LogP contribution in [0.15, 0.2) is 24.3 Å². The lowest BCUT2D eigenvalue weighted by atomic mass is 10.3. The van der Waals surface area contributed by atoms with Crippen LogP contribution in [-0.2, 0) is 4.74 Å². The van der Waals surface area contributed by atoms with Gasteiger partial charge in [-0.3, -0.25) is 19.1 Å². The number of aromatic nitrogens is 2. The minimum Gasteiger partial charge on any atom is -0.379 e. The van der Waals surface area contributed by atoms with E-state index in [1.54, 1.807) is 0 Å². The summed E-state index contributed by atoms with van der Waals surface area (Å²) < 4.78 is 6.76. The van der Waals surface area contributed by atoms with Crippen molar-refractivity contribution in [2.75, 3.05) is 32.8 Å². The molecule has 1 fully saturated rings. The van der Waals surface area contributed by atoms with Crippen molar-refractivity contribution in [2.45, 2.75) is 13.3 Å². The quantitative estimate of drug-likeness (QED) is 0.803. The van der Waals surface area contributed by atoms with Crippen LogP contribution in [0.2, 0.25) is 0 Å². The number of morpholine rings is 1. The Bertz CT molecular complexity index is 702. The highest BCUT2D eigenvalue weighted by atomic mass is 16.5. The molecule has 3 rings (SSSR count). The Labute approximate surface area is 128 Å². The van der Waals surface area contributed by atoms with E-state index < -0.39 is 0 Å². The highest BCUT2D eigenvalue weighted by Gasteiger charge is 2.20. The van der Waals surface area contributed by atoms with E-state index in [9.17, 15) is 9.59 Å². The Hall–Kier alpha value is -2.05. The number of hydrogen-bond acceptors (Lipinski definition) is 5. The summed E-state index contributed by atoms with van der Waals surface area (Å²) in [5.74, 6) is -0.0745. The van der Waals surface area contributed by atoms with Crippen LogP contribution in [0.4, 0.5) is 0 Å². The average Bonchev–Trinajstić information content (AvgIpc) is 2.93. The number of rotatable bonds is 4. The van der Waals surface area contributed by atoms with Gasteiger partial charge in [-0.15, -0.1) is 0 Å². The molecule has 0 bridgehead atoms. The van der Waals surface area contributed by atoms with Gasteiger partial charge < -0.3 is 4.74 Å². The third kappa shape index (κ3) is 2.93. The number of hydrogen-bond donors (Lipinski definition) is 0. The van der Waals surface area contributed by atoms with E-state index in [-0.39, 0.29) is 17.5 Å². The van der Waals surface area contributed by atoms with Crippen molar-refractivity contribution in [2.24, 2.45) is 0 Å². The molecular weight excluding hydrogens is 282 g/mol. The summed E-state index contributed by atoms with van der Waals surface area (Å²) >= 11 is 0. The van der Waals surface area contributed by atoms with E-state index in [2.05, 4.69) is 9.88 Å². The van der Waals surface area contributed by atoms with Crippen LogP contribution < -0.4 is 0 Å². The van der Waals surface area contributed by atoms with Gasteiger partial charge in [-0.25, -0.2) is 4.98 Å². The van der Waals surface area contributed by atoms with Crippen molar-refractivity contribution in [1.29, 1.82) is 0 Å². The van der Waals surface area contributed by atoms with Gasteiger partial charge in [-0.1, -0.05) is 12.1 Å². The number of carbonyl (C=O) groups is 2. The molecular formula is C16H19N3O3. The van der Waals surface area contributed by atoms with Gasteiger partial charge in [0, 0.05) is 33.0 Å². The van der Waals surface area contributed by atoms with Crippen LogP contribution in [0.3, 0.4) is 0 Å². The summed E-state index contributed by atoms with van der Waals surface area (Å²) in [6, 6.07) is 7.33. The van der Waals surface area contributed by atoms with Crippen LogP contribution in [0.5, 0.6) is 0 Å². The maximum absolute atomic E-state index is 12.6. The van der Waals surface area contributed by atoms with E-state index in [0.29, 0.717) is 37.2 Å². The van der Waals surface area contributed by atoms with E-state index in [0.717, 1.165) is 13.1 Å². The molecule has 0 atom stereocenters. The molecule has 0 radical (unpaired) electrons.